The molecule has 1 aromatic carbocycles. The molecule has 0 bridgehead atoms. The summed E-state index contributed by atoms with van der Waals surface area (Å²) in [5.41, 5.74) is -0.715. The van der Waals surface area contributed by atoms with Gasteiger partial charge in [0.1, 0.15) is 11.5 Å². The molecule has 1 amide bonds. The molecule has 1 unspecified atom stereocenters. The number of likely N-dealkylation sites (tertiary alicyclic amines) is 1. The van der Waals surface area contributed by atoms with Crippen LogP contribution in [0.25, 0.3) is 10.9 Å². The number of nitrogens with zero attached hydrogens (tertiary/aromatic N) is 4. The molecule has 1 atom stereocenters. The summed E-state index contributed by atoms with van der Waals surface area (Å²) in [6.45, 7) is -0.469. The molecule has 29 heavy (non-hydrogen) atoms. The monoisotopic (exact) mass is 401 g/mol. The Hall–Kier alpha value is -3.43. The summed E-state index contributed by atoms with van der Waals surface area (Å²) in [5.74, 6) is -0.394. The maximum Gasteiger partial charge on any atom is 0.273 e. The summed E-state index contributed by atoms with van der Waals surface area (Å²) in [7, 11) is 0. The average molecular weight is 401 g/mol. The number of amides is 1. The lowest BCUT2D eigenvalue weighted by atomic mass is 10.1. The van der Waals surface area contributed by atoms with Crippen molar-refractivity contribution in [3.8, 4) is 0 Å². The second kappa shape index (κ2) is 7.53. The first-order valence-electron chi connectivity index (χ1n) is 9.09. The number of para-hydroxylation sites is 1. The van der Waals surface area contributed by atoms with E-state index in [4.69, 9.17) is 0 Å². The van der Waals surface area contributed by atoms with Crippen LogP contribution in [0.2, 0.25) is 0 Å². The summed E-state index contributed by atoms with van der Waals surface area (Å²) in [6, 6.07) is 6.92. The number of carbonyl (C=O) groups is 1. The van der Waals surface area contributed by atoms with Crippen molar-refractivity contribution >= 4 is 16.8 Å². The number of H-pyrrole nitrogens is 1. The maximum absolute atomic E-state index is 13.2. The molecule has 4 rings (SSSR count). The number of fused-ring (bicyclic) bond motifs is 1. The molecular formula is C19H17F2N5O3. The van der Waals surface area contributed by atoms with E-state index in [1.807, 2.05) is 0 Å². The second-order valence-electron chi connectivity index (χ2n) is 6.75. The smallest absolute Gasteiger partial charge is 0.273 e. The van der Waals surface area contributed by atoms with Crippen LogP contribution in [0.3, 0.4) is 0 Å². The molecule has 2 aromatic heterocycles. The third kappa shape index (κ3) is 3.53. The molecular weight excluding hydrogens is 384 g/mol. The zero-order valence-corrected chi connectivity index (χ0v) is 15.2. The summed E-state index contributed by atoms with van der Waals surface area (Å²) in [5, 5.41) is 0.240. The number of carbonyl (C=O) groups excluding carboxylic acids is 1. The van der Waals surface area contributed by atoms with Crippen LogP contribution in [0.4, 0.5) is 8.78 Å². The van der Waals surface area contributed by atoms with Gasteiger partial charge in [-0.1, -0.05) is 12.1 Å². The molecule has 1 aliphatic rings. The molecule has 1 aliphatic heterocycles. The van der Waals surface area contributed by atoms with Crippen molar-refractivity contribution in [3.05, 3.63) is 68.9 Å². The topological polar surface area (TPSA) is 101 Å². The lowest BCUT2D eigenvalue weighted by Crippen LogP contribution is -2.37. The third-order valence-corrected chi connectivity index (χ3v) is 4.92. The molecule has 3 heterocycles. The Morgan fingerprint density at radius 3 is 2.83 bits per heavy atom. The van der Waals surface area contributed by atoms with E-state index in [0.717, 1.165) is 17.0 Å². The van der Waals surface area contributed by atoms with Gasteiger partial charge in [0.15, 0.2) is 0 Å². The van der Waals surface area contributed by atoms with Gasteiger partial charge in [0.25, 0.3) is 23.5 Å². The highest BCUT2D eigenvalue weighted by atomic mass is 19.3. The minimum absolute atomic E-state index is 0.0517. The van der Waals surface area contributed by atoms with Crippen LogP contribution in [-0.4, -0.2) is 43.3 Å². The Balaban J connectivity index is 1.83. The number of aromatic amines is 1. The second-order valence-corrected chi connectivity index (χ2v) is 6.75. The fourth-order valence-corrected chi connectivity index (χ4v) is 3.66. The number of alkyl halides is 2. The Labute approximate surface area is 162 Å². The van der Waals surface area contributed by atoms with Crippen molar-refractivity contribution < 1.29 is 13.6 Å². The highest BCUT2D eigenvalue weighted by Crippen LogP contribution is 2.32. The first-order valence-corrected chi connectivity index (χ1v) is 9.09. The number of hydrogen-bond donors (Lipinski definition) is 1. The van der Waals surface area contributed by atoms with Crippen LogP contribution in [0.15, 0.2) is 46.2 Å². The van der Waals surface area contributed by atoms with Gasteiger partial charge in [-0.15, -0.1) is 0 Å². The number of halogens is 2. The largest absolute Gasteiger partial charge is 0.327 e. The van der Waals surface area contributed by atoms with Gasteiger partial charge in [0, 0.05) is 12.6 Å². The summed E-state index contributed by atoms with van der Waals surface area (Å²) in [4.78, 5) is 49.4. The van der Waals surface area contributed by atoms with Crippen molar-refractivity contribution in [2.75, 3.05) is 6.54 Å². The predicted molar refractivity (Wildman–Crippen MR) is 99.9 cm³/mol. The van der Waals surface area contributed by atoms with Crippen molar-refractivity contribution in [1.29, 1.82) is 0 Å². The quantitative estimate of drug-likeness (QED) is 0.718. The summed E-state index contributed by atoms with van der Waals surface area (Å²) < 4.78 is 27.4. The van der Waals surface area contributed by atoms with E-state index in [1.165, 1.54) is 11.0 Å². The van der Waals surface area contributed by atoms with Gasteiger partial charge in [-0.05, 0) is 25.0 Å². The van der Waals surface area contributed by atoms with Gasteiger partial charge in [-0.25, -0.2) is 18.7 Å². The minimum atomic E-state index is -2.76. The van der Waals surface area contributed by atoms with Gasteiger partial charge in [-0.2, -0.15) is 0 Å². The van der Waals surface area contributed by atoms with E-state index in [9.17, 15) is 23.2 Å². The van der Waals surface area contributed by atoms with E-state index in [2.05, 4.69) is 15.0 Å². The Morgan fingerprint density at radius 1 is 1.28 bits per heavy atom. The van der Waals surface area contributed by atoms with Crippen LogP contribution in [0.1, 0.15) is 35.2 Å². The van der Waals surface area contributed by atoms with Crippen molar-refractivity contribution in [1.82, 2.24) is 24.4 Å². The number of aromatic nitrogens is 4. The van der Waals surface area contributed by atoms with E-state index >= 15 is 0 Å². The van der Waals surface area contributed by atoms with E-state index in [1.54, 1.807) is 18.2 Å². The van der Waals surface area contributed by atoms with Crippen molar-refractivity contribution in [2.24, 2.45) is 0 Å². The van der Waals surface area contributed by atoms with Gasteiger partial charge < -0.3 is 9.88 Å². The van der Waals surface area contributed by atoms with Crippen LogP contribution >= 0.6 is 0 Å². The third-order valence-electron chi connectivity index (χ3n) is 4.92. The Bertz CT molecular complexity index is 1190. The predicted octanol–water partition coefficient (Wildman–Crippen LogP) is 1.72. The summed E-state index contributed by atoms with van der Waals surface area (Å²) in [6.07, 6.45) is -0.559. The Kier molecular flexibility index (Phi) is 4.91. The molecule has 0 aliphatic carbocycles. The van der Waals surface area contributed by atoms with Crippen LogP contribution in [0.5, 0.6) is 0 Å². The lowest BCUT2D eigenvalue weighted by Gasteiger charge is -2.26. The molecule has 0 saturated carbocycles. The number of benzene rings is 1. The van der Waals surface area contributed by atoms with Gasteiger partial charge >= 0.3 is 0 Å². The molecule has 0 spiro atoms. The normalized spacial score (nSPS) is 16.7. The number of rotatable bonds is 4. The molecule has 150 valence electrons. The average Bonchev–Trinajstić information content (AvgIpc) is 3.19. The van der Waals surface area contributed by atoms with E-state index in [-0.39, 0.29) is 16.9 Å². The van der Waals surface area contributed by atoms with Crippen molar-refractivity contribution in [2.45, 2.75) is 31.9 Å². The SMILES string of the molecule is O=C(c1cc(=O)[nH]cn1)N1CCCC1c1nc2ccccc2c(=O)n1CC(F)F. The molecule has 1 saturated heterocycles. The van der Waals surface area contributed by atoms with E-state index in [0.29, 0.717) is 24.9 Å². The standard InChI is InChI=1S/C19H17F2N5O3/c20-15(21)9-26-17(24-12-5-2-1-4-11(12)18(26)28)14-6-3-7-25(14)19(29)13-8-16(27)23-10-22-13/h1-2,4-5,8,10,14-15H,3,6-7,9H2,(H,22,23,27). The molecule has 1 fully saturated rings. The first-order chi connectivity index (χ1) is 14.0. The number of hydrogen-bond acceptors (Lipinski definition) is 5. The maximum atomic E-state index is 13.2. The van der Waals surface area contributed by atoms with Gasteiger partial charge in [0.05, 0.1) is 29.8 Å². The zero-order valence-electron chi connectivity index (χ0n) is 15.2. The first kappa shape index (κ1) is 18.9. The fraction of sp³-hybridized carbons (Fsp3) is 0.316. The van der Waals surface area contributed by atoms with Crippen LogP contribution in [0, 0.1) is 0 Å². The molecule has 0 radical (unpaired) electrons. The number of nitrogens with one attached hydrogen (secondary N) is 1. The Morgan fingerprint density at radius 2 is 2.07 bits per heavy atom. The van der Waals surface area contributed by atoms with Crippen molar-refractivity contribution in [3.63, 3.8) is 0 Å². The molecule has 3 aromatic rings. The van der Waals surface area contributed by atoms with Crippen LogP contribution in [-0.2, 0) is 6.54 Å². The molecule has 1 N–H and O–H groups in total. The van der Waals surface area contributed by atoms with E-state index < -0.39 is 36.0 Å². The van der Waals surface area contributed by atoms with Gasteiger partial charge in [-0.3, -0.25) is 19.0 Å². The highest BCUT2D eigenvalue weighted by Gasteiger charge is 2.35. The van der Waals surface area contributed by atoms with Crippen LogP contribution < -0.4 is 11.1 Å². The van der Waals surface area contributed by atoms with Gasteiger partial charge in [0.2, 0.25) is 0 Å². The lowest BCUT2D eigenvalue weighted by molar-refractivity contribution is 0.0714. The zero-order chi connectivity index (χ0) is 20.5. The molecule has 8 nitrogen and oxygen atoms in total. The molecule has 10 heteroatoms. The highest BCUT2D eigenvalue weighted by molar-refractivity contribution is 5.92. The minimum Gasteiger partial charge on any atom is -0.327 e. The summed E-state index contributed by atoms with van der Waals surface area (Å²) >= 11 is 0. The fourth-order valence-electron chi connectivity index (χ4n) is 3.66.